The lowest BCUT2D eigenvalue weighted by atomic mass is 9.96. The molecule has 0 spiro atoms. The van der Waals surface area contributed by atoms with Crippen LogP contribution in [0.3, 0.4) is 0 Å². The molecule has 0 amide bonds. The Morgan fingerprint density at radius 1 is 1.26 bits per heavy atom. The van der Waals surface area contributed by atoms with Gasteiger partial charge in [-0.1, -0.05) is 24.3 Å². The van der Waals surface area contributed by atoms with Crippen LogP contribution in [0.5, 0.6) is 0 Å². The average molecular weight is 260 g/mol. The van der Waals surface area contributed by atoms with Crippen LogP contribution in [-0.2, 0) is 27.2 Å². The number of benzene rings is 1. The number of ether oxygens (including phenoxy) is 1. The standard InChI is InChI=1S/C16H20O3/c1-19-16(18)10-9-12-5-7-13(8-6-12)11-14-3-2-4-15(14)17/h5-8,14H,2-4,9-11H2,1H3. The number of aryl methyl sites for hydroxylation is 1. The van der Waals surface area contributed by atoms with E-state index in [0.717, 1.165) is 31.2 Å². The summed E-state index contributed by atoms with van der Waals surface area (Å²) in [5.41, 5.74) is 2.34. The first-order valence-electron chi connectivity index (χ1n) is 6.86. The average Bonchev–Trinajstić information content (AvgIpc) is 2.83. The zero-order valence-electron chi connectivity index (χ0n) is 11.4. The Kier molecular flexibility index (Phi) is 4.72. The molecule has 19 heavy (non-hydrogen) atoms. The number of hydrogen-bond donors (Lipinski definition) is 0. The van der Waals surface area contributed by atoms with Crippen molar-refractivity contribution in [2.75, 3.05) is 7.11 Å². The molecule has 1 unspecified atom stereocenters. The number of methoxy groups -OCH3 is 1. The van der Waals surface area contributed by atoms with Gasteiger partial charge in [0.05, 0.1) is 7.11 Å². The Hall–Kier alpha value is -1.64. The minimum absolute atomic E-state index is 0.180. The molecule has 1 aliphatic rings. The van der Waals surface area contributed by atoms with E-state index in [1.54, 1.807) is 0 Å². The van der Waals surface area contributed by atoms with Crippen molar-refractivity contribution in [1.82, 2.24) is 0 Å². The van der Waals surface area contributed by atoms with Crippen LogP contribution < -0.4 is 0 Å². The van der Waals surface area contributed by atoms with Crippen molar-refractivity contribution < 1.29 is 14.3 Å². The van der Waals surface area contributed by atoms with Crippen molar-refractivity contribution in [2.45, 2.75) is 38.5 Å². The molecule has 1 saturated carbocycles. The quantitative estimate of drug-likeness (QED) is 0.764. The van der Waals surface area contributed by atoms with E-state index in [1.165, 1.54) is 12.7 Å². The first-order valence-corrected chi connectivity index (χ1v) is 6.86. The highest BCUT2D eigenvalue weighted by Crippen LogP contribution is 2.25. The Labute approximate surface area is 114 Å². The molecule has 1 fully saturated rings. The van der Waals surface area contributed by atoms with Gasteiger partial charge in [-0.15, -0.1) is 0 Å². The molecule has 1 aromatic rings. The van der Waals surface area contributed by atoms with Gasteiger partial charge in [-0.2, -0.15) is 0 Å². The van der Waals surface area contributed by atoms with E-state index in [4.69, 9.17) is 0 Å². The van der Waals surface area contributed by atoms with Crippen LogP contribution in [-0.4, -0.2) is 18.9 Å². The number of ketones is 1. The highest BCUT2D eigenvalue weighted by Gasteiger charge is 2.24. The highest BCUT2D eigenvalue weighted by molar-refractivity contribution is 5.83. The fourth-order valence-corrected chi connectivity index (χ4v) is 2.58. The number of hydrogen-bond acceptors (Lipinski definition) is 3. The number of Topliss-reactive ketones (excluding diaryl/α,β-unsaturated/α-hetero) is 1. The maximum atomic E-state index is 11.6. The van der Waals surface area contributed by atoms with Crippen molar-refractivity contribution in [3.8, 4) is 0 Å². The Balaban J connectivity index is 1.87. The van der Waals surface area contributed by atoms with E-state index in [9.17, 15) is 9.59 Å². The van der Waals surface area contributed by atoms with E-state index in [-0.39, 0.29) is 11.9 Å². The van der Waals surface area contributed by atoms with Gasteiger partial charge in [0.2, 0.25) is 0 Å². The van der Waals surface area contributed by atoms with Crippen LogP contribution in [0.4, 0.5) is 0 Å². The summed E-state index contributed by atoms with van der Waals surface area (Å²) < 4.78 is 4.62. The lowest BCUT2D eigenvalue weighted by molar-refractivity contribution is -0.140. The van der Waals surface area contributed by atoms with Crippen LogP contribution in [0.25, 0.3) is 0 Å². The number of esters is 1. The molecule has 0 N–H and O–H groups in total. The van der Waals surface area contributed by atoms with E-state index < -0.39 is 0 Å². The number of rotatable bonds is 5. The molecule has 1 aliphatic carbocycles. The Bertz CT molecular complexity index is 448. The Morgan fingerprint density at radius 3 is 2.53 bits per heavy atom. The van der Waals surface area contributed by atoms with E-state index in [1.807, 2.05) is 12.1 Å². The third kappa shape index (κ3) is 3.91. The maximum Gasteiger partial charge on any atom is 0.305 e. The second-order valence-corrected chi connectivity index (χ2v) is 5.15. The molecule has 3 nitrogen and oxygen atoms in total. The molecule has 0 saturated heterocycles. The summed E-state index contributed by atoms with van der Waals surface area (Å²) in [5, 5.41) is 0. The minimum Gasteiger partial charge on any atom is -0.469 e. The van der Waals surface area contributed by atoms with Gasteiger partial charge < -0.3 is 4.74 Å². The molecule has 0 heterocycles. The van der Waals surface area contributed by atoms with Crippen LogP contribution in [0.2, 0.25) is 0 Å². The summed E-state index contributed by atoms with van der Waals surface area (Å²) in [6.45, 7) is 0. The predicted molar refractivity (Wildman–Crippen MR) is 72.8 cm³/mol. The molecular weight excluding hydrogens is 240 g/mol. The first-order chi connectivity index (χ1) is 9.19. The zero-order chi connectivity index (χ0) is 13.7. The van der Waals surface area contributed by atoms with Gasteiger partial charge in [-0.3, -0.25) is 9.59 Å². The van der Waals surface area contributed by atoms with Crippen LogP contribution in [0, 0.1) is 5.92 Å². The van der Waals surface area contributed by atoms with Gasteiger partial charge in [0.1, 0.15) is 5.78 Å². The minimum atomic E-state index is -0.180. The molecule has 0 bridgehead atoms. The highest BCUT2D eigenvalue weighted by atomic mass is 16.5. The summed E-state index contributed by atoms with van der Waals surface area (Å²) in [6, 6.07) is 8.21. The van der Waals surface area contributed by atoms with Crippen molar-refractivity contribution in [3.63, 3.8) is 0 Å². The van der Waals surface area contributed by atoms with Crippen molar-refractivity contribution in [1.29, 1.82) is 0 Å². The van der Waals surface area contributed by atoms with Crippen LogP contribution in [0.15, 0.2) is 24.3 Å². The fraction of sp³-hybridized carbons (Fsp3) is 0.500. The lowest BCUT2D eigenvalue weighted by Crippen LogP contribution is -2.09. The summed E-state index contributed by atoms with van der Waals surface area (Å²) in [5.74, 6) is 0.455. The smallest absolute Gasteiger partial charge is 0.305 e. The van der Waals surface area contributed by atoms with Gasteiger partial charge >= 0.3 is 5.97 Å². The van der Waals surface area contributed by atoms with Crippen molar-refractivity contribution in [3.05, 3.63) is 35.4 Å². The molecule has 3 heteroatoms. The summed E-state index contributed by atoms with van der Waals surface area (Å²) in [4.78, 5) is 22.7. The largest absolute Gasteiger partial charge is 0.469 e. The zero-order valence-corrected chi connectivity index (χ0v) is 11.4. The normalized spacial score (nSPS) is 18.6. The SMILES string of the molecule is COC(=O)CCc1ccc(CC2CCCC2=O)cc1. The Morgan fingerprint density at radius 2 is 1.95 bits per heavy atom. The van der Waals surface area contributed by atoms with E-state index >= 15 is 0 Å². The third-order valence-corrected chi connectivity index (χ3v) is 3.78. The molecule has 0 aliphatic heterocycles. The van der Waals surface area contributed by atoms with E-state index in [0.29, 0.717) is 18.6 Å². The predicted octanol–water partition coefficient (Wildman–Crippen LogP) is 2.70. The summed E-state index contributed by atoms with van der Waals surface area (Å²) >= 11 is 0. The van der Waals surface area contributed by atoms with Gasteiger partial charge in [-0.05, 0) is 36.8 Å². The summed E-state index contributed by atoms with van der Waals surface area (Å²) in [6.07, 6.45) is 4.80. The molecule has 102 valence electrons. The van der Waals surface area contributed by atoms with Crippen LogP contribution >= 0.6 is 0 Å². The van der Waals surface area contributed by atoms with Gasteiger partial charge in [-0.25, -0.2) is 0 Å². The van der Waals surface area contributed by atoms with Crippen molar-refractivity contribution >= 4 is 11.8 Å². The fourth-order valence-electron chi connectivity index (χ4n) is 2.58. The van der Waals surface area contributed by atoms with Crippen molar-refractivity contribution in [2.24, 2.45) is 5.92 Å². The summed E-state index contributed by atoms with van der Waals surface area (Å²) in [7, 11) is 1.41. The van der Waals surface area contributed by atoms with Gasteiger partial charge in [0.15, 0.2) is 0 Å². The van der Waals surface area contributed by atoms with Gasteiger partial charge in [0.25, 0.3) is 0 Å². The van der Waals surface area contributed by atoms with Crippen LogP contribution in [0.1, 0.15) is 36.8 Å². The lowest BCUT2D eigenvalue weighted by Gasteiger charge is -2.08. The van der Waals surface area contributed by atoms with Gasteiger partial charge in [0, 0.05) is 18.8 Å². The molecule has 1 aromatic carbocycles. The number of carbonyl (C=O) groups excluding carboxylic acids is 2. The first kappa shape index (κ1) is 13.8. The second-order valence-electron chi connectivity index (χ2n) is 5.15. The maximum absolute atomic E-state index is 11.6. The third-order valence-electron chi connectivity index (χ3n) is 3.78. The number of carbonyl (C=O) groups is 2. The van der Waals surface area contributed by atoms with E-state index in [2.05, 4.69) is 16.9 Å². The molecule has 0 aromatic heterocycles. The molecule has 0 radical (unpaired) electrons. The molecule has 2 rings (SSSR count). The second kappa shape index (κ2) is 6.50. The monoisotopic (exact) mass is 260 g/mol. The topological polar surface area (TPSA) is 43.4 Å². The molecule has 1 atom stereocenters. The molecular formula is C16H20O3.